The van der Waals surface area contributed by atoms with Gasteiger partial charge in [0.25, 0.3) is 0 Å². The fourth-order valence-corrected chi connectivity index (χ4v) is 4.07. The van der Waals surface area contributed by atoms with Crippen LogP contribution >= 0.6 is 0 Å². The maximum absolute atomic E-state index is 13.1. The van der Waals surface area contributed by atoms with Gasteiger partial charge in [-0.2, -0.15) is 13.2 Å². The molecule has 0 spiro atoms. The fourth-order valence-electron chi connectivity index (χ4n) is 4.07. The van der Waals surface area contributed by atoms with E-state index in [0.29, 0.717) is 28.9 Å². The Labute approximate surface area is 183 Å². The van der Waals surface area contributed by atoms with Crippen LogP contribution in [0.1, 0.15) is 50.8 Å². The van der Waals surface area contributed by atoms with Crippen molar-refractivity contribution in [2.24, 2.45) is 0 Å². The Balaban J connectivity index is 1.61. The second-order valence-corrected chi connectivity index (χ2v) is 9.25. The highest BCUT2D eigenvalue weighted by atomic mass is 19.4. The minimum absolute atomic E-state index is 0.0950. The number of fused-ring (bicyclic) bond motifs is 2. The van der Waals surface area contributed by atoms with Gasteiger partial charge in [0, 0.05) is 29.4 Å². The Morgan fingerprint density at radius 2 is 1.84 bits per heavy atom. The van der Waals surface area contributed by atoms with Gasteiger partial charge in [-0.05, 0) is 63.1 Å². The molecule has 2 amide bonds. The van der Waals surface area contributed by atoms with Crippen LogP contribution in [0.15, 0.2) is 42.5 Å². The van der Waals surface area contributed by atoms with Crippen LogP contribution in [0.2, 0.25) is 0 Å². The number of anilines is 2. The normalized spacial score (nSPS) is 19.6. The van der Waals surface area contributed by atoms with Gasteiger partial charge in [0.05, 0.1) is 11.0 Å². The lowest BCUT2D eigenvalue weighted by Gasteiger charge is -2.34. The highest BCUT2D eigenvalue weighted by Crippen LogP contribution is 2.43. The molecule has 0 fully saturated rings. The summed E-state index contributed by atoms with van der Waals surface area (Å²) < 4.78 is 45.1. The number of carbonyl (C=O) groups excluding carboxylic acids is 2. The van der Waals surface area contributed by atoms with Gasteiger partial charge >= 0.3 is 6.18 Å². The molecule has 2 aliphatic heterocycles. The van der Waals surface area contributed by atoms with E-state index in [1.807, 2.05) is 13.8 Å². The van der Waals surface area contributed by atoms with Crippen molar-refractivity contribution >= 4 is 28.8 Å². The summed E-state index contributed by atoms with van der Waals surface area (Å²) in [6.45, 7) is 7.16. The van der Waals surface area contributed by atoms with Crippen molar-refractivity contribution in [2.45, 2.75) is 51.3 Å². The van der Waals surface area contributed by atoms with Crippen LogP contribution < -0.4 is 15.4 Å². The molecule has 2 aromatic rings. The summed E-state index contributed by atoms with van der Waals surface area (Å²) in [4.78, 5) is 24.8. The van der Waals surface area contributed by atoms with Crippen molar-refractivity contribution in [3.63, 3.8) is 0 Å². The Kier molecular flexibility index (Phi) is 4.87. The topological polar surface area (TPSA) is 67.4 Å². The van der Waals surface area contributed by atoms with Crippen LogP contribution in [0.4, 0.5) is 24.5 Å². The van der Waals surface area contributed by atoms with Gasteiger partial charge in [0.2, 0.25) is 11.8 Å². The minimum atomic E-state index is -4.49. The van der Waals surface area contributed by atoms with Crippen LogP contribution in [0.3, 0.4) is 0 Å². The molecule has 0 saturated heterocycles. The summed E-state index contributed by atoms with van der Waals surface area (Å²) in [5, 5.41) is 5.58. The molecular weight excluding hydrogens is 421 g/mol. The van der Waals surface area contributed by atoms with Crippen molar-refractivity contribution in [1.29, 1.82) is 0 Å². The van der Waals surface area contributed by atoms with E-state index in [0.717, 1.165) is 17.7 Å². The van der Waals surface area contributed by atoms with Crippen LogP contribution in [0.5, 0.6) is 5.75 Å². The fraction of sp³-hybridized carbons (Fsp3) is 0.333. The third kappa shape index (κ3) is 3.97. The van der Waals surface area contributed by atoms with E-state index >= 15 is 0 Å². The molecule has 0 unspecified atom stereocenters. The lowest BCUT2D eigenvalue weighted by Crippen LogP contribution is -2.32. The Hall–Kier alpha value is -3.29. The van der Waals surface area contributed by atoms with Crippen molar-refractivity contribution in [2.75, 3.05) is 10.6 Å². The number of hydrogen-bond acceptors (Lipinski definition) is 3. The van der Waals surface area contributed by atoms with E-state index < -0.39 is 28.7 Å². The molecule has 168 valence electrons. The lowest BCUT2D eigenvalue weighted by molar-refractivity contribution is -0.137. The van der Waals surface area contributed by atoms with Gasteiger partial charge in [-0.1, -0.05) is 12.1 Å². The molecule has 32 heavy (non-hydrogen) atoms. The first-order valence-corrected chi connectivity index (χ1v) is 10.1. The van der Waals surface area contributed by atoms with Crippen LogP contribution in [-0.2, 0) is 21.2 Å². The first-order valence-electron chi connectivity index (χ1n) is 10.1. The van der Waals surface area contributed by atoms with E-state index in [9.17, 15) is 22.8 Å². The Morgan fingerprint density at radius 1 is 1.12 bits per heavy atom. The monoisotopic (exact) mass is 444 g/mol. The van der Waals surface area contributed by atoms with Crippen molar-refractivity contribution in [1.82, 2.24) is 0 Å². The van der Waals surface area contributed by atoms with Gasteiger partial charge < -0.3 is 15.4 Å². The predicted molar refractivity (Wildman–Crippen MR) is 115 cm³/mol. The molecule has 0 radical (unpaired) electrons. The maximum Gasteiger partial charge on any atom is 0.416 e. The van der Waals surface area contributed by atoms with E-state index in [-0.39, 0.29) is 11.7 Å². The average Bonchev–Trinajstić information content (AvgIpc) is 2.87. The zero-order valence-electron chi connectivity index (χ0n) is 18.1. The van der Waals surface area contributed by atoms with Gasteiger partial charge in [0.1, 0.15) is 11.4 Å². The molecule has 0 bridgehead atoms. The predicted octanol–water partition coefficient (Wildman–Crippen LogP) is 5.52. The Bertz CT molecular complexity index is 1160. The van der Waals surface area contributed by atoms with Crippen LogP contribution in [0, 0.1) is 0 Å². The molecular formula is C24H23F3N2O3. The summed E-state index contributed by atoms with van der Waals surface area (Å²) in [5.41, 5.74) is 0.804. The van der Waals surface area contributed by atoms with Gasteiger partial charge in [-0.3, -0.25) is 9.59 Å². The maximum atomic E-state index is 13.1. The molecule has 2 N–H and O–H groups in total. The third-order valence-corrected chi connectivity index (χ3v) is 5.74. The SMILES string of the molecule is CC1(C)CC(=CC(=O)Nc2ccc3c(c2)NC(=O)C3(C)C)c2ccc(C(F)(F)F)cc2O1. The summed E-state index contributed by atoms with van der Waals surface area (Å²) in [6.07, 6.45) is -2.75. The third-order valence-electron chi connectivity index (χ3n) is 5.74. The molecule has 0 aromatic heterocycles. The van der Waals surface area contributed by atoms with Gasteiger partial charge in [-0.25, -0.2) is 0 Å². The first kappa shape index (κ1) is 21.9. The van der Waals surface area contributed by atoms with E-state index in [2.05, 4.69) is 10.6 Å². The van der Waals surface area contributed by atoms with Crippen LogP contribution in [0.25, 0.3) is 5.57 Å². The zero-order valence-corrected chi connectivity index (χ0v) is 18.1. The van der Waals surface area contributed by atoms with E-state index in [1.165, 1.54) is 12.1 Å². The standard InChI is InChI=1S/C24H23F3N2O3/c1-22(2)12-13(16-7-5-14(24(25,26)27)10-19(16)32-22)9-20(30)28-15-6-8-17-18(11-15)29-21(31)23(17,3)4/h5-11H,12H2,1-4H3,(H,28,30)(H,29,31). The molecule has 0 aliphatic carbocycles. The molecule has 2 heterocycles. The van der Waals surface area contributed by atoms with Crippen LogP contribution in [-0.4, -0.2) is 17.4 Å². The number of hydrogen-bond donors (Lipinski definition) is 2. The van der Waals surface area contributed by atoms with Crippen molar-refractivity contribution < 1.29 is 27.5 Å². The van der Waals surface area contributed by atoms with Crippen molar-refractivity contribution in [3.8, 4) is 5.75 Å². The molecule has 2 aromatic carbocycles. The second-order valence-electron chi connectivity index (χ2n) is 9.25. The minimum Gasteiger partial charge on any atom is -0.487 e. The highest BCUT2D eigenvalue weighted by Gasteiger charge is 2.38. The smallest absolute Gasteiger partial charge is 0.416 e. The summed E-state index contributed by atoms with van der Waals surface area (Å²) in [7, 11) is 0. The molecule has 4 rings (SSSR count). The molecule has 2 aliphatic rings. The molecule has 8 heteroatoms. The first-order chi connectivity index (χ1) is 14.8. The second kappa shape index (κ2) is 7.12. The summed E-state index contributed by atoms with van der Waals surface area (Å²) >= 11 is 0. The number of rotatable bonds is 2. The molecule has 0 saturated carbocycles. The molecule has 5 nitrogen and oxygen atoms in total. The number of amides is 2. The Morgan fingerprint density at radius 3 is 2.53 bits per heavy atom. The number of alkyl halides is 3. The highest BCUT2D eigenvalue weighted by molar-refractivity contribution is 6.08. The lowest BCUT2D eigenvalue weighted by atomic mass is 9.86. The number of halogens is 3. The summed E-state index contributed by atoms with van der Waals surface area (Å²) in [5.74, 6) is -0.443. The number of benzene rings is 2. The van der Waals surface area contributed by atoms with Crippen molar-refractivity contribution in [3.05, 3.63) is 59.2 Å². The van der Waals surface area contributed by atoms with Gasteiger partial charge in [-0.15, -0.1) is 0 Å². The number of ether oxygens (including phenoxy) is 1. The zero-order chi connectivity index (χ0) is 23.5. The average molecular weight is 444 g/mol. The number of nitrogens with one attached hydrogen (secondary N) is 2. The van der Waals surface area contributed by atoms with E-state index in [1.54, 1.807) is 32.0 Å². The largest absolute Gasteiger partial charge is 0.487 e. The van der Waals surface area contributed by atoms with Gasteiger partial charge in [0.15, 0.2) is 0 Å². The number of carbonyl (C=O) groups is 2. The quantitative estimate of drug-likeness (QED) is 0.600. The summed E-state index contributed by atoms with van der Waals surface area (Å²) in [6, 6.07) is 8.48. The molecule has 0 atom stereocenters. The van der Waals surface area contributed by atoms with E-state index in [4.69, 9.17) is 4.74 Å².